The predicted octanol–water partition coefficient (Wildman–Crippen LogP) is 3.96. The molecule has 3 rings (SSSR count). The van der Waals surface area contributed by atoms with Gasteiger partial charge >= 0.3 is 5.97 Å². The van der Waals surface area contributed by atoms with Crippen LogP contribution in [0.2, 0.25) is 0 Å². The van der Waals surface area contributed by atoms with Crippen LogP contribution >= 0.6 is 15.9 Å². The smallest absolute Gasteiger partial charge is 0.343 e. The summed E-state index contributed by atoms with van der Waals surface area (Å²) in [6.45, 7) is 2.08. The molecule has 0 unspecified atom stereocenters. The maximum atomic E-state index is 12.6. The van der Waals surface area contributed by atoms with Gasteiger partial charge in [-0.1, -0.05) is 15.9 Å². The average Bonchev–Trinajstić information content (AvgIpc) is 2.93. The number of nitrogens with one attached hydrogen (secondary N) is 2. The summed E-state index contributed by atoms with van der Waals surface area (Å²) in [5, 5.41) is 6.42. The lowest BCUT2D eigenvalue weighted by Gasteiger charge is -2.10. The molecule has 38 heavy (non-hydrogen) atoms. The summed E-state index contributed by atoms with van der Waals surface area (Å²) >= 11 is 3.37. The Morgan fingerprint density at radius 3 is 2.26 bits per heavy atom. The highest BCUT2D eigenvalue weighted by Crippen LogP contribution is 2.27. The molecule has 0 fully saturated rings. The number of carbonyl (C=O) groups excluding carboxylic acids is 3. The van der Waals surface area contributed by atoms with Crippen LogP contribution in [0.4, 0.5) is 0 Å². The van der Waals surface area contributed by atoms with Crippen molar-refractivity contribution in [3.63, 3.8) is 0 Å². The summed E-state index contributed by atoms with van der Waals surface area (Å²) in [5.74, 6) is 0.170. The van der Waals surface area contributed by atoms with Crippen LogP contribution in [0.25, 0.3) is 0 Å². The molecule has 10 nitrogen and oxygen atoms in total. The van der Waals surface area contributed by atoms with Gasteiger partial charge in [-0.2, -0.15) is 5.10 Å². The predicted molar refractivity (Wildman–Crippen MR) is 144 cm³/mol. The minimum atomic E-state index is -0.563. The fourth-order valence-electron chi connectivity index (χ4n) is 3.18. The Bertz CT molecular complexity index is 1330. The number of ether oxygens (including phenoxy) is 4. The Hall–Kier alpha value is -4.38. The molecule has 0 aliphatic carbocycles. The zero-order valence-corrected chi connectivity index (χ0v) is 22.5. The Balaban J connectivity index is 1.58. The third-order valence-corrected chi connectivity index (χ3v) is 5.52. The van der Waals surface area contributed by atoms with E-state index in [1.165, 1.54) is 26.5 Å². The van der Waals surface area contributed by atoms with E-state index in [0.717, 1.165) is 0 Å². The molecular weight excluding hydrogens is 558 g/mol. The van der Waals surface area contributed by atoms with Gasteiger partial charge in [-0.3, -0.25) is 9.59 Å². The fourth-order valence-corrected chi connectivity index (χ4v) is 3.56. The van der Waals surface area contributed by atoms with Crippen molar-refractivity contribution >= 4 is 39.9 Å². The number of rotatable bonds is 11. The minimum Gasteiger partial charge on any atom is -0.494 e. The molecule has 0 saturated carbocycles. The number of methoxy groups -OCH3 is 2. The summed E-state index contributed by atoms with van der Waals surface area (Å²) in [5.41, 5.74) is 3.41. The van der Waals surface area contributed by atoms with E-state index in [2.05, 4.69) is 31.8 Å². The van der Waals surface area contributed by atoms with Crippen molar-refractivity contribution < 1.29 is 33.3 Å². The molecule has 0 heterocycles. The molecule has 2 N–H and O–H groups in total. The van der Waals surface area contributed by atoms with Crippen molar-refractivity contribution in [3.05, 3.63) is 81.8 Å². The largest absolute Gasteiger partial charge is 0.494 e. The van der Waals surface area contributed by atoms with Crippen molar-refractivity contribution in [3.8, 4) is 23.0 Å². The van der Waals surface area contributed by atoms with E-state index in [1.54, 1.807) is 54.6 Å². The quantitative estimate of drug-likeness (QED) is 0.151. The van der Waals surface area contributed by atoms with Crippen LogP contribution in [-0.2, 0) is 4.79 Å². The number of esters is 1. The molecule has 2 amide bonds. The van der Waals surface area contributed by atoms with Gasteiger partial charge in [-0.15, -0.1) is 0 Å². The normalized spacial score (nSPS) is 10.5. The molecule has 0 bridgehead atoms. The standard InChI is InChI=1S/C27H26BrN3O7/c1-4-37-21-9-5-17(6-10-21)27(34)38-22-12-8-20(28)13-19(22)15-30-31-25(32)16-29-26(33)18-7-11-23(35-2)24(14-18)36-3/h5-15H,4,16H2,1-3H3,(H,29,33)(H,31,32)/b30-15-. The molecule has 0 spiro atoms. The van der Waals surface area contributed by atoms with E-state index in [9.17, 15) is 14.4 Å². The monoisotopic (exact) mass is 583 g/mol. The van der Waals surface area contributed by atoms with E-state index in [4.69, 9.17) is 18.9 Å². The first-order chi connectivity index (χ1) is 18.3. The highest BCUT2D eigenvalue weighted by Gasteiger charge is 2.13. The van der Waals surface area contributed by atoms with E-state index in [1.807, 2.05) is 6.92 Å². The van der Waals surface area contributed by atoms with Gasteiger partial charge in [0.25, 0.3) is 11.8 Å². The molecule has 0 aliphatic heterocycles. The number of nitrogens with zero attached hydrogens (tertiary/aromatic N) is 1. The van der Waals surface area contributed by atoms with Crippen molar-refractivity contribution in [2.75, 3.05) is 27.4 Å². The van der Waals surface area contributed by atoms with Crippen LogP contribution in [0.1, 0.15) is 33.2 Å². The Labute approximate surface area is 228 Å². The second kappa shape index (κ2) is 13.8. The van der Waals surface area contributed by atoms with Gasteiger partial charge in [0.2, 0.25) is 0 Å². The lowest BCUT2D eigenvalue weighted by Crippen LogP contribution is -2.34. The Morgan fingerprint density at radius 1 is 0.895 bits per heavy atom. The number of carbonyl (C=O) groups is 3. The van der Waals surface area contributed by atoms with E-state index >= 15 is 0 Å². The van der Waals surface area contributed by atoms with Crippen LogP contribution in [0, 0.1) is 0 Å². The molecule has 3 aromatic carbocycles. The molecule has 198 valence electrons. The van der Waals surface area contributed by atoms with Gasteiger partial charge < -0.3 is 24.3 Å². The van der Waals surface area contributed by atoms with E-state index < -0.39 is 17.8 Å². The SMILES string of the molecule is CCOc1ccc(C(=O)Oc2ccc(Br)cc2/C=N\NC(=O)CNC(=O)c2ccc(OC)c(OC)c2)cc1. The maximum absolute atomic E-state index is 12.6. The van der Waals surface area contributed by atoms with Gasteiger partial charge in [-0.25, -0.2) is 10.2 Å². The first-order valence-electron chi connectivity index (χ1n) is 11.4. The molecule has 0 atom stereocenters. The second-order valence-electron chi connectivity index (χ2n) is 7.57. The first kappa shape index (κ1) is 28.2. The molecular formula is C27H26BrN3O7. The molecule has 0 aromatic heterocycles. The minimum absolute atomic E-state index is 0.242. The number of amides is 2. The lowest BCUT2D eigenvalue weighted by molar-refractivity contribution is -0.120. The van der Waals surface area contributed by atoms with Crippen molar-refractivity contribution in [2.24, 2.45) is 5.10 Å². The van der Waals surface area contributed by atoms with Crippen LogP contribution in [0.15, 0.2) is 70.2 Å². The van der Waals surface area contributed by atoms with Gasteiger partial charge in [-0.05, 0) is 67.6 Å². The van der Waals surface area contributed by atoms with Crippen molar-refractivity contribution in [1.82, 2.24) is 10.7 Å². The number of hydrogen-bond donors (Lipinski definition) is 2. The summed E-state index contributed by atoms with van der Waals surface area (Å²) < 4.78 is 22.0. The first-order valence-corrected chi connectivity index (χ1v) is 12.2. The van der Waals surface area contributed by atoms with Crippen LogP contribution in [0.5, 0.6) is 23.0 Å². The summed E-state index contributed by atoms with van der Waals surface area (Å²) in [6.07, 6.45) is 1.33. The van der Waals surface area contributed by atoms with E-state index in [-0.39, 0.29) is 12.3 Å². The third-order valence-electron chi connectivity index (χ3n) is 5.02. The molecule has 3 aromatic rings. The summed E-state index contributed by atoms with van der Waals surface area (Å²) in [6, 6.07) is 16.2. The number of hydrazone groups is 1. The van der Waals surface area contributed by atoms with E-state index in [0.29, 0.717) is 45.0 Å². The second-order valence-corrected chi connectivity index (χ2v) is 8.49. The Morgan fingerprint density at radius 2 is 1.58 bits per heavy atom. The van der Waals surface area contributed by atoms with Crippen LogP contribution in [-0.4, -0.2) is 51.4 Å². The number of hydrogen-bond acceptors (Lipinski definition) is 8. The molecule has 11 heteroatoms. The number of benzene rings is 3. The summed E-state index contributed by atoms with van der Waals surface area (Å²) in [7, 11) is 2.95. The highest BCUT2D eigenvalue weighted by molar-refractivity contribution is 9.10. The Kier molecular flexibility index (Phi) is 10.2. The fraction of sp³-hybridized carbons (Fsp3) is 0.185. The zero-order valence-electron chi connectivity index (χ0n) is 20.9. The topological polar surface area (TPSA) is 125 Å². The third kappa shape index (κ3) is 7.81. The molecule has 0 aliphatic rings. The summed E-state index contributed by atoms with van der Waals surface area (Å²) in [4.78, 5) is 37.2. The molecule has 0 saturated heterocycles. The van der Waals surface area contributed by atoms with Gasteiger partial charge in [0.05, 0.1) is 39.1 Å². The van der Waals surface area contributed by atoms with Crippen molar-refractivity contribution in [1.29, 1.82) is 0 Å². The van der Waals surface area contributed by atoms with Crippen LogP contribution < -0.4 is 29.7 Å². The van der Waals surface area contributed by atoms with Crippen LogP contribution in [0.3, 0.4) is 0 Å². The van der Waals surface area contributed by atoms with Crippen molar-refractivity contribution in [2.45, 2.75) is 6.92 Å². The zero-order chi connectivity index (χ0) is 27.5. The highest BCUT2D eigenvalue weighted by atomic mass is 79.9. The average molecular weight is 584 g/mol. The van der Waals surface area contributed by atoms with Gasteiger partial charge in [0, 0.05) is 15.6 Å². The number of halogens is 1. The van der Waals surface area contributed by atoms with Gasteiger partial charge in [0.1, 0.15) is 11.5 Å². The van der Waals surface area contributed by atoms with Gasteiger partial charge in [0.15, 0.2) is 11.5 Å². The molecule has 0 radical (unpaired) electrons. The lowest BCUT2D eigenvalue weighted by atomic mass is 10.2. The maximum Gasteiger partial charge on any atom is 0.343 e.